The first-order valence-electron chi connectivity index (χ1n) is 10.3. The molecule has 0 saturated heterocycles. The van der Waals surface area contributed by atoms with E-state index in [1.54, 1.807) is 0 Å². The molecule has 1 unspecified atom stereocenters. The number of benzene rings is 3. The molecule has 30 heavy (non-hydrogen) atoms. The van der Waals surface area contributed by atoms with E-state index in [1.165, 1.54) is 10.5 Å². The number of imidazole rings is 1. The van der Waals surface area contributed by atoms with Gasteiger partial charge >= 0.3 is 0 Å². The Kier molecular flexibility index (Phi) is 7.11. The Hall–Kier alpha value is -2.27. The van der Waals surface area contributed by atoms with Crippen LogP contribution in [0.1, 0.15) is 30.0 Å². The van der Waals surface area contributed by atoms with Crippen molar-refractivity contribution in [3.05, 3.63) is 95.3 Å². The fourth-order valence-corrected chi connectivity index (χ4v) is 4.88. The van der Waals surface area contributed by atoms with Gasteiger partial charge in [0.25, 0.3) is 0 Å². The van der Waals surface area contributed by atoms with Gasteiger partial charge in [-0.25, -0.2) is 4.98 Å². The maximum atomic E-state index is 6.34. The average Bonchev–Trinajstić information content (AvgIpc) is 3.13. The zero-order chi connectivity index (χ0) is 20.8. The van der Waals surface area contributed by atoms with E-state index in [1.807, 2.05) is 43.0 Å². The molecule has 0 saturated carbocycles. The van der Waals surface area contributed by atoms with Crippen LogP contribution in [0.2, 0.25) is 5.02 Å². The molecule has 3 nitrogen and oxygen atoms in total. The third-order valence-corrected chi connectivity index (χ3v) is 6.45. The van der Waals surface area contributed by atoms with Crippen molar-refractivity contribution in [1.82, 2.24) is 9.55 Å². The molecule has 1 atom stereocenters. The summed E-state index contributed by atoms with van der Waals surface area (Å²) < 4.78 is 7.90. The highest BCUT2D eigenvalue weighted by atomic mass is 35.5. The van der Waals surface area contributed by atoms with E-state index in [0.29, 0.717) is 0 Å². The number of halogens is 1. The first kappa shape index (κ1) is 21.0. The summed E-state index contributed by atoms with van der Waals surface area (Å²) >= 11 is 8.16. The Labute approximate surface area is 187 Å². The van der Waals surface area contributed by atoms with Crippen LogP contribution in [0, 0.1) is 0 Å². The van der Waals surface area contributed by atoms with Crippen LogP contribution in [0.4, 0.5) is 0 Å². The third kappa shape index (κ3) is 4.89. The van der Waals surface area contributed by atoms with Crippen molar-refractivity contribution in [2.45, 2.75) is 30.0 Å². The van der Waals surface area contributed by atoms with Crippen molar-refractivity contribution in [1.29, 1.82) is 0 Å². The lowest BCUT2D eigenvalue weighted by Gasteiger charge is -2.19. The molecule has 4 rings (SSSR count). The summed E-state index contributed by atoms with van der Waals surface area (Å²) in [5.74, 6) is 1.05. The smallest absolute Gasteiger partial charge is 0.127 e. The molecule has 1 aromatic heterocycles. The van der Waals surface area contributed by atoms with Crippen molar-refractivity contribution in [3.63, 3.8) is 0 Å². The van der Waals surface area contributed by atoms with Crippen LogP contribution in [0.3, 0.4) is 0 Å². The van der Waals surface area contributed by atoms with Crippen LogP contribution in [-0.2, 0) is 11.3 Å². The minimum atomic E-state index is 0.0758. The van der Waals surface area contributed by atoms with Crippen LogP contribution in [0.15, 0.2) is 83.8 Å². The Morgan fingerprint density at radius 1 is 1.00 bits per heavy atom. The van der Waals surface area contributed by atoms with Crippen molar-refractivity contribution >= 4 is 34.4 Å². The largest absolute Gasteiger partial charge is 0.382 e. The summed E-state index contributed by atoms with van der Waals surface area (Å²) in [6, 6.07) is 27.0. The standard InChI is InChI=1S/C25H25ClN2OS/c1-2-29-17-9-16-28-23-18-20(26)14-15-22(23)27-25(28)24(19-10-5-3-6-11-19)30-21-12-7-4-8-13-21/h3-8,10-15,18,24H,2,9,16-17H2,1H3. The predicted octanol–water partition coefficient (Wildman–Crippen LogP) is 7.00. The van der Waals surface area contributed by atoms with E-state index in [2.05, 4.69) is 59.2 Å². The molecule has 4 aromatic rings. The van der Waals surface area contributed by atoms with Crippen LogP contribution in [0.5, 0.6) is 0 Å². The van der Waals surface area contributed by atoms with Crippen molar-refractivity contribution in [2.24, 2.45) is 0 Å². The van der Waals surface area contributed by atoms with Gasteiger partial charge in [-0.2, -0.15) is 0 Å². The molecule has 0 aliphatic rings. The summed E-state index contributed by atoms with van der Waals surface area (Å²) in [5, 5.41) is 0.804. The van der Waals surface area contributed by atoms with Gasteiger partial charge in [-0.1, -0.05) is 60.1 Å². The molecule has 0 aliphatic heterocycles. The number of fused-ring (bicyclic) bond motifs is 1. The summed E-state index contributed by atoms with van der Waals surface area (Å²) in [6.45, 7) is 4.34. The predicted molar refractivity (Wildman–Crippen MR) is 126 cm³/mol. The zero-order valence-electron chi connectivity index (χ0n) is 17.0. The Balaban J connectivity index is 1.79. The number of thioether (sulfide) groups is 1. The molecule has 0 aliphatic carbocycles. The van der Waals surface area contributed by atoms with Gasteiger partial charge in [0, 0.05) is 29.7 Å². The highest BCUT2D eigenvalue weighted by molar-refractivity contribution is 7.99. The quantitative estimate of drug-likeness (QED) is 0.209. The fraction of sp³-hybridized carbons (Fsp3) is 0.240. The normalized spacial score (nSPS) is 12.3. The molecule has 0 fully saturated rings. The molecule has 0 N–H and O–H groups in total. The number of hydrogen-bond acceptors (Lipinski definition) is 3. The van der Waals surface area contributed by atoms with Gasteiger partial charge in [0.05, 0.1) is 16.3 Å². The van der Waals surface area contributed by atoms with Crippen LogP contribution in [-0.4, -0.2) is 22.8 Å². The summed E-state index contributed by atoms with van der Waals surface area (Å²) in [7, 11) is 0. The van der Waals surface area contributed by atoms with E-state index in [9.17, 15) is 0 Å². The number of ether oxygens (including phenoxy) is 1. The van der Waals surface area contributed by atoms with Gasteiger partial charge in [-0.15, -0.1) is 11.8 Å². The first-order valence-corrected chi connectivity index (χ1v) is 11.5. The Bertz CT molecular complexity index is 1080. The third-order valence-electron chi connectivity index (χ3n) is 4.95. The second-order valence-corrected chi connectivity index (χ2v) is 8.64. The first-order chi connectivity index (χ1) is 14.8. The highest BCUT2D eigenvalue weighted by Gasteiger charge is 2.23. The van der Waals surface area contributed by atoms with E-state index < -0.39 is 0 Å². The van der Waals surface area contributed by atoms with Crippen molar-refractivity contribution < 1.29 is 4.74 Å². The molecular formula is C25H25ClN2OS. The van der Waals surface area contributed by atoms with Crippen LogP contribution >= 0.6 is 23.4 Å². The average molecular weight is 437 g/mol. The monoisotopic (exact) mass is 436 g/mol. The SMILES string of the molecule is CCOCCCn1c(C(Sc2ccccc2)c2ccccc2)nc2ccc(Cl)cc21. The van der Waals surface area contributed by atoms with Crippen LogP contribution in [0.25, 0.3) is 11.0 Å². The lowest BCUT2D eigenvalue weighted by molar-refractivity contribution is 0.141. The second-order valence-electron chi connectivity index (χ2n) is 7.03. The van der Waals surface area contributed by atoms with E-state index in [4.69, 9.17) is 21.3 Å². The maximum Gasteiger partial charge on any atom is 0.127 e. The lowest BCUT2D eigenvalue weighted by atomic mass is 10.1. The van der Waals surface area contributed by atoms with Gasteiger partial charge in [-0.05, 0) is 49.2 Å². The number of aromatic nitrogens is 2. The lowest BCUT2D eigenvalue weighted by Crippen LogP contribution is -2.10. The van der Waals surface area contributed by atoms with E-state index >= 15 is 0 Å². The summed E-state index contributed by atoms with van der Waals surface area (Å²) in [4.78, 5) is 6.29. The summed E-state index contributed by atoms with van der Waals surface area (Å²) in [6.07, 6.45) is 0.927. The van der Waals surface area contributed by atoms with E-state index in [0.717, 1.165) is 48.1 Å². The zero-order valence-corrected chi connectivity index (χ0v) is 18.6. The van der Waals surface area contributed by atoms with Gasteiger partial charge in [0.2, 0.25) is 0 Å². The second kappa shape index (κ2) is 10.2. The van der Waals surface area contributed by atoms with Gasteiger partial charge < -0.3 is 9.30 Å². The number of hydrogen-bond donors (Lipinski definition) is 0. The minimum absolute atomic E-state index is 0.0758. The molecule has 3 aromatic carbocycles. The molecule has 0 radical (unpaired) electrons. The minimum Gasteiger partial charge on any atom is -0.382 e. The maximum absolute atomic E-state index is 6.34. The number of aryl methyl sites for hydroxylation is 1. The fourth-order valence-electron chi connectivity index (χ4n) is 3.55. The number of nitrogens with zero attached hydrogens (tertiary/aromatic N) is 2. The molecule has 5 heteroatoms. The number of rotatable bonds is 9. The van der Waals surface area contributed by atoms with Gasteiger partial charge in [0.1, 0.15) is 5.82 Å². The van der Waals surface area contributed by atoms with E-state index in [-0.39, 0.29) is 5.25 Å². The molecule has 154 valence electrons. The molecule has 0 spiro atoms. The molecule has 0 amide bonds. The summed E-state index contributed by atoms with van der Waals surface area (Å²) in [5.41, 5.74) is 3.28. The molecular weight excluding hydrogens is 412 g/mol. The molecule has 0 bridgehead atoms. The van der Waals surface area contributed by atoms with Crippen LogP contribution < -0.4 is 0 Å². The molecule has 1 heterocycles. The van der Waals surface area contributed by atoms with Gasteiger partial charge in [0.15, 0.2) is 0 Å². The van der Waals surface area contributed by atoms with Crippen molar-refractivity contribution in [2.75, 3.05) is 13.2 Å². The van der Waals surface area contributed by atoms with Crippen molar-refractivity contribution in [3.8, 4) is 0 Å². The highest BCUT2D eigenvalue weighted by Crippen LogP contribution is 2.41. The Morgan fingerprint density at radius 3 is 2.47 bits per heavy atom. The Morgan fingerprint density at radius 2 is 1.73 bits per heavy atom. The topological polar surface area (TPSA) is 27.1 Å². The van der Waals surface area contributed by atoms with Gasteiger partial charge in [-0.3, -0.25) is 0 Å².